The minimum atomic E-state index is -0.0208. The fourth-order valence-corrected chi connectivity index (χ4v) is 3.24. The van der Waals surface area contributed by atoms with Crippen molar-refractivity contribution in [1.82, 2.24) is 4.90 Å². The van der Waals surface area contributed by atoms with Crippen molar-refractivity contribution in [3.8, 4) is 0 Å². The number of hydrogen-bond donors (Lipinski definition) is 1. The highest BCUT2D eigenvalue weighted by atomic mass is 16.2. The largest absolute Gasteiger partial charge is 0.326 e. The molecular weight excluding hydrogens is 262 g/mol. The van der Waals surface area contributed by atoms with E-state index in [1.165, 1.54) is 31.5 Å². The molecule has 2 heterocycles. The van der Waals surface area contributed by atoms with Gasteiger partial charge in [0.25, 0.3) is 0 Å². The van der Waals surface area contributed by atoms with Gasteiger partial charge in [0.2, 0.25) is 5.91 Å². The number of nitrogens with two attached hydrogens (primary N) is 1. The van der Waals surface area contributed by atoms with Gasteiger partial charge in [0.05, 0.1) is 0 Å². The molecule has 0 spiro atoms. The SMILES string of the molecule is CC1CCN(Cc2ccc(N3C[C@H](N)CC3=O)cc2)CC1. The standard InChI is InChI=1S/C17H25N3O/c1-13-6-8-19(9-7-13)11-14-2-4-16(5-3-14)20-12-15(18)10-17(20)21/h2-5,13,15H,6-12,18H2,1H3/t15-/m1/s1. The zero-order valence-electron chi connectivity index (χ0n) is 12.8. The van der Waals surface area contributed by atoms with Crippen LogP contribution >= 0.6 is 0 Å². The van der Waals surface area contributed by atoms with Gasteiger partial charge >= 0.3 is 0 Å². The molecule has 2 aliphatic heterocycles. The predicted octanol–water partition coefficient (Wildman–Crippen LogP) is 1.98. The Kier molecular flexibility index (Phi) is 4.27. The lowest BCUT2D eigenvalue weighted by Gasteiger charge is -2.30. The molecule has 0 bridgehead atoms. The lowest BCUT2D eigenvalue weighted by molar-refractivity contribution is -0.117. The highest BCUT2D eigenvalue weighted by molar-refractivity contribution is 5.96. The molecule has 0 aromatic heterocycles. The molecule has 2 fully saturated rings. The molecule has 1 atom stereocenters. The molecule has 0 radical (unpaired) electrons. The third-order valence-electron chi connectivity index (χ3n) is 4.69. The van der Waals surface area contributed by atoms with Crippen LogP contribution in [0.4, 0.5) is 5.69 Å². The molecule has 1 aromatic carbocycles. The van der Waals surface area contributed by atoms with Crippen LogP contribution in [0.25, 0.3) is 0 Å². The van der Waals surface area contributed by atoms with Gasteiger partial charge in [-0.25, -0.2) is 0 Å². The zero-order chi connectivity index (χ0) is 14.8. The Morgan fingerprint density at radius 1 is 1.19 bits per heavy atom. The number of likely N-dealkylation sites (tertiary alicyclic amines) is 1. The van der Waals surface area contributed by atoms with Crippen LogP contribution in [0.2, 0.25) is 0 Å². The Balaban J connectivity index is 1.60. The first kappa shape index (κ1) is 14.5. The van der Waals surface area contributed by atoms with Gasteiger partial charge in [0.15, 0.2) is 0 Å². The third-order valence-corrected chi connectivity index (χ3v) is 4.69. The molecule has 2 N–H and O–H groups in total. The van der Waals surface area contributed by atoms with E-state index in [-0.39, 0.29) is 11.9 Å². The molecule has 1 amide bonds. The minimum absolute atomic E-state index is 0.0208. The second kappa shape index (κ2) is 6.16. The summed E-state index contributed by atoms with van der Waals surface area (Å²) in [5, 5.41) is 0. The summed E-state index contributed by atoms with van der Waals surface area (Å²) in [5.41, 5.74) is 8.15. The number of nitrogens with zero attached hydrogens (tertiary/aromatic N) is 2. The van der Waals surface area contributed by atoms with E-state index in [4.69, 9.17) is 5.73 Å². The molecule has 4 heteroatoms. The Morgan fingerprint density at radius 3 is 2.43 bits per heavy atom. The van der Waals surface area contributed by atoms with Crippen molar-refractivity contribution in [2.24, 2.45) is 11.7 Å². The van der Waals surface area contributed by atoms with Crippen molar-refractivity contribution < 1.29 is 4.79 Å². The lowest BCUT2D eigenvalue weighted by Crippen LogP contribution is -2.32. The predicted molar refractivity (Wildman–Crippen MR) is 85.1 cm³/mol. The lowest BCUT2D eigenvalue weighted by atomic mass is 9.99. The Bertz CT molecular complexity index is 491. The number of carbonyl (C=O) groups excluding carboxylic acids is 1. The number of carbonyl (C=O) groups is 1. The summed E-state index contributed by atoms with van der Waals surface area (Å²) < 4.78 is 0. The summed E-state index contributed by atoms with van der Waals surface area (Å²) >= 11 is 0. The number of amides is 1. The maximum Gasteiger partial charge on any atom is 0.228 e. The molecule has 3 rings (SSSR count). The first-order valence-corrected chi connectivity index (χ1v) is 7.99. The molecule has 2 saturated heterocycles. The van der Waals surface area contributed by atoms with Crippen molar-refractivity contribution in [1.29, 1.82) is 0 Å². The average Bonchev–Trinajstić information content (AvgIpc) is 2.81. The van der Waals surface area contributed by atoms with Crippen molar-refractivity contribution >= 4 is 11.6 Å². The fraction of sp³-hybridized carbons (Fsp3) is 0.588. The monoisotopic (exact) mass is 287 g/mol. The molecule has 1 aromatic rings. The van der Waals surface area contributed by atoms with Crippen LogP contribution in [0.1, 0.15) is 31.7 Å². The van der Waals surface area contributed by atoms with E-state index < -0.39 is 0 Å². The van der Waals surface area contributed by atoms with Crippen molar-refractivity contribution in [3.63, 3.8) is 0 Å². The van der Waals surface area contributed by atoms with E-state index >= 15 is 0 Å². The van der Waals surface area contributed by atoms with E-state index in [1.807, 2.05) is 0 Å². The zero-order valence-corrected chi connectivity index (χ0v) is 12.8. The highest BCUT2D eigenvalue weighted by Gasteiger charge is 2.27. The van der Waals surface area contributed by atoms with Crippen LogP contribution in [0.15, 0.2) is 24.3 Å². The van der Waals surface area contributed by atoms with E-state index in [9.17, 15) is 4.79 Å². The minimum Gasteiger partial charge on any atom is -0.326 e. The molecule has 0 unspecified atom stereocenters. The Hall–Kier alpha value is -1.39. The van der Waals surface area contributed by atoms with Gasteiger partial charge in [-0.2, -0.15) is 0 Å². The highest BCUT2D eigenvalue weighted by Crippen LogP contribution is 2.23. The summed E-state index contributed by atoms with van der Waals surface area (Å²) in [7, 11) is 0. The van der Waals surface area contributed by atoms with E-state index in [0.29, 0.717) is 13.0 Å². The summed E-state index contributed by atoms with van der Waals surface area (Å²) in [6.45, 7) is 6.39. The van der Waals surface area contributed by atoms with Crippen molar-refractivity contribution in [2.45, 2.75) is 38.8 Å². The quantitative estimate of drug-likeness (QED) is 0.925. The third kappa shape index (κ3) is 3.44. The second-order valence-electron chi connectivity index (χ2n) is 6.59. The number of piperidine rings is 1. The van der Waals surface area contributed by atoms with E-state index in [1.54, 1.807) is 4.90 Å². The molecule has 0 aliphatic carbocycles. The molecule has 21 heavy (non-hydrogen) atoms. The van der Waals surface area contributed by atoms with Gasteiger partial charge in [-0.15, -0.1) is 0 Å². The van der Waals surface area contributed by atoms with Crippen LogP contribution in [0, 0.1) is 5.92 Å². The molecule has 114 valence electrons. The maximum atomic E-state index is 11.9. The number of rotatable bonds is 3. The summed E-state index contributed by atoms with van der Waals surface area (Å²) in [4.78, 5) is 16.2. The van der Waals surface area contributed by atoms with Crippen LogP contribution in [-0.2, 0) is 11.3 Å². The second-order valence-corrected chi connectivity index (χ2v) is 6.59. The molecule has 0 saturated carbocycles. The first-order valence-electron chi connectivity index (χ1n) is 7.99. The van der Waals surface area contributed by atoms with Crippen LogP contribution in [0.3, 0.4) is 0 Å². The van der Waals surface area contributed by atoms with Gasteiger partial charge in [0, 0.05) is 31.2 Å². The van der Waals surface area contributed by atoms with Gasteiger partial charge in [-0.3, -0.25) is 9.69 Å². The van der Waals surface area contributed by atoms with Gasteiger partial charge < -0.3 is 10.6 Å². The number of hydrogen-bond acceptors (Lipinski definition) is 3. The van der Waals surface area contributed by atoms with Gasteiger partial charge in [-0.1, -0.05) is 19.1 Å². The van der Waals surface area contributed by atoms with Gasteiger partial charge in [0.1, 0.15) is 0 Å². The van der Waals surface area contributed by atoms with Gasteiger partial charge in [-0.05, 0) is 49.5 Å². The maximum absolute atomic E-state index is 11.9. The topological polar surface area (TPSA) is 49.6 Å². The summed E-state index contributed by atoms with van der Waals surface area (Å²) in [5.74, 6) is 1.01. The van der Waals surface area contributed by atoms with Crippen LogP contribution in [0.5, 0.6) is 0 Å². The van der Waals surface area contributed by atoms with Crippen LogP contribution in [-0.4, -0.2) is 36.5 Å². The van der Waals surface area contributed by atoms with Crippen molar-refractivity contribution in [3.05, 3.63) is 29.8 Å². The normalized spacial score (nSPS) is 24.8. The van der Waals surface area contributed by atoms with E-state index in [2.05, 4.69) is 36.1 Å². The molecular formula is C17H25N3O. The van der Waals surface area contributed by atoms with Crippen LogP contribution < -0.4 is 10.6 Å². The summed E-state index contributed by atoms with van der Waals surface area (Å²) in [6.07, 6.45) is 3.07. The first-order chi connectivity index (χ1) is 10.1. The molecule has 4 nitrogen and oxygen atoms in total. The Labute approximate surface area is 126 Å². The fourth-order valence-electron chi connectivity index (χ4n) is 3.24. The van der Waals surface area contributed by atoms with Crippen molar-refractivity contribution in [2.75, 3.05) is 24.5 Å². The number of anilines is 1. The van der Waals surface area contributed by atoms with E-state index in [0.717, 1.165) is 18.2 Å². The number of benzene rings is 1. The smallest absolute Gasteiger partial charge is 0.228 e. The average molecular weight is 287 g/mol. The molecule has 2 aliphatic rings. The Morgan fingerprint density at radius 2 is 1.86 bits per heavy atom. The summed E-state index contributed by atoms with van der Waals surface area (Å²) in [6, 6.07) is 8.37.